The number of halogens is 3. The van der Waals surface area contributed by atoms with Crippen molar-refractivity contribution in [3.63, 3.8) is 0 Å². The van der Waals surface area contributed by atoms with Crippen molar-refractivity contribution < 1.29 is 32.3 Å². The first kappa shape index (κ1) is 23.7. The highest BCUT2D eigenvalue weighted by Gasteiger charge is 2.31. The molecule has 0 aliphatic carbocycles. The number of ether oxygens (including phenoxy) is 1. The summed E-state index contributed by atoms with van der Waals surface area (Å²) >= 11 is 0. The van der Waals surface area contributed by atoms with Gasteiger partial charge in [-0.15, -0.1) is 13.2 Å². The molecule has 0 bridgehead atoms. The minimum absolute atomic E-state index is 0.239. The maximum Gasteiger partial charge on any atom is 0.573 e. The Bertz CT molecular complexity index is 939. The second-order valence-corrected chi connectivity index (χ2v) is 6.93. The number of likely N-dealkylation sites (N-methyl/N-ethyl adjacent to an activating group) is 1. The smallest absolute Gasteiger partial charge is 0.406 e. The van der Waals surface area contributed by atoms with Crippen LogP contribution in [0.25, 0.3) is 0 Å². The van der Waals surface area contributed by atoms with E-state index in [4.69, 9.17) is 0 Å². The summed E-state index contributed by atoms with van der Waals surface area (Å²) in [5.41, 5.74) is 2.51. The molecule has 0 radical (unpaired) electrons. The fourth-order valence-electron chi connectivity index (χ4n) is 2.74. The van der Waals surface area contributed by atoms with E-state index in [0.29, 0.717) is 5.56 Å². The Morgan fingerprint density at radius 3 is 2.13 bits per heavy atom. The average Bonchev–Trinajstić information content (AvgIpc) is 2.65. The Labute approximate surface area is 177 Å². The van der Waals surface area contributed by atoms with Crippen LogP contribution in [0.1, 0.15) is 21.5 Å². The Morgan fingerprint density at radius 2 is 1.58 bits per heavy atom. The van der Waals surface area contributed by atoms with Gasteiger partial charge in [-0.1, -0.05) is 17.2 Å². The molecule has 0 aliphatic heterocycles. The largest absolute Gasteiger partial charge is 0.573 e. The standard InChI is InChI=1S/C21H22F3N3O4/c1-13-8-14(2)10-15(9-13)20(30)25-11-19(29)27(3)12-18(28)26-16-4-6-17(7-5-16)31-21(22,23)24/h4-10H,11-12H2,1-3H3,(H,25,30)(H,26,28). The number of nitrogens with zero attached hydrogens (tertiary/aromatic N) is 1. The van der Waals surface area contributed by atoms with E-state index in [2.05, 4.69) is 15.4 Å². The number of aryl methyl sites for hydroxylation is 2. The topological polar surface area (TPSA) is 87.7 Å². The number of alkyl halides is 3. The molecule has 0 unspecified atom stereocenters. The van der Waals surface area contributed by atoms with E-state index in [0.717, 1.165) is 28.2 Å². The van der Waals surface area contributed by atoms with Crippen LogP contribution in [0.3, 0.4) is 0 Å². The first-order chi connectivity index (χ1) is 14.4. The summed E-state index contributed by atoms with van der Waals surface area (Å²) in [5, 5.41) is 4.98. The number of benzene rings is 2. The van der Waals surface area contributed by atoms with Gasteiger partial charge in [0.2, 0.25) is 11.8 Å². The van der Waals surface area contributed by atoms with Crippen LogP contribution in [-0.4, -0.2) is 49.1 Å². The van der Waals surface area contributed by atoms with Gasteiger partial charge in [-0.3, -0.25) is 14.4 Å². The zero-order valence-corrected chi connectivity index (χ0v) is 17.2. The molecule has 0 saturated carbocycles. The number of hydrogen-bond acceptors (Lipinski definition) is 4. The molecular formula is C21H22F3N3O4. The monoisotopic (exact) mass is 437 g/mol. The van der Waals surface area contributed by atoms with Gasteiger partial charge in [0.1, 0.15) is 5.75 Å². The van der Waals surface area contributed by atoms with E-state index in [1.54, 1.807) is 12.1 Å². The number of nitrogens with one attached hydrogen (secondary N) is 2. The lowest BCUT2D eigenvalue weighted by molar-refractivity contribution is -0.274. The molecule has 0 atom stereocenters. The molecule has 2 aromatic carbocycles. The third-order valence-electron chi connectivity index (χ3n) is 4.06. The highest BCUT2D eigenvalue weighted by Crippen LogP contribution is 2.23. The zero-order valence-electron chi connectivity index (χ0n) is 17.2. The van der Waals surface area contributed by atoms with Crippen molar-refractivity contribution >= 4 is 23.4 Å². The number of carbonyl (C=O) groups is 3. The highest BCUT2D eigenvalue weighted by atomic mass is 19.4. The molecule has 10 heteroatoms. The molecule has 0 fully saturated rings. The van der Waals surface area contributed by atoms with Gasteiger partial charge >= 0.3 is 6.36 Å². The fourth-order valence-corrected chi connectivity index (χ4v) is 2.74. The first-order valence-corrected chi connectivity index (χ1v) is 9.19. The summed E-state index contributed by atoms with van der Waals surface area (Å²) in [7, 11) is 1.39. The molecule has 0 spiro atoms. The maximum absolute atomic E-state index is 12.2. The van der Waals surface area contributed by atoms with Crippen LogP contribution in [0.2, 0.25) is 0 Å². The van der Waals surface area contributed by atoms with Crippen LogP contribution in [0.5, 0.6) is 5.75 Å². The van der Waals surface area contributed by atoms with Gasteiger partial charge in [-0.05, 0) is 50.2 Å². The Morgan fingerprint density at radius 1 is 1.00 bits per heavy atom. The normalized spacial score (nSPS) is 10.9. The Hall–Kier alpha value is -3.56. The fraction of sp³-hybridized carbons (Fsp3) is 0.286. The van der Waals surface area contributed by atoms with Gasteiger partial charge in [0, 0.05) is 18.3 Å². The van der Waals surface area contributed by atoms with Crippen molar-refractivity contribution in [2.45, 2.75) is 20.2 Å². The van der Waals surface area contributed by atoms with Gasteiger partial charge in [-0.25, -0.2) is 0 Å². The van der Waals surface area contributed by atoms with E-state index in [-0.39, 0.29) is 18.8 Å². The van der Waals surface area contributed by atoms with Crippen LogP contribution in [-0.2, 0) is 9.59 Å². The first-order valence-electron chi connectivity index (χ1n) is 9.19. The van der Waals surface area contributed by atoms with E-state index >= 15 is 0 Å². The predicted molar refractivity (Wildman–Crippen MR) is 108 cm³/mol. The maximum atomic E-state index is 12.2. The van der Waals surface area contributed by atoms with Crippen molar-refractivity contribution in [2.75, 3.05) is 25.5 Å². The summed E-state index contributed by atoms with van der Waals surface area (Å²) in [6, 6.07) is 9.92. The number of anilines is 1. The molecule has 166 valence electrons. The molecular weight excluding hydrogens is 415 g/mol. The van der Waals surface area contributed by atoms with E-state index in [1.807, 2.05) is 19.9 Å². The molecule has 7 nitrogen and oxygen atoms in total. The van der Waals surface area contributed by atoms with E-state index in [1.165, 1.54) is 19.2 Å². The number of hydrogen-bond donors (Lipinski definition) is 2. The lowest BCUT2D eigenvalue weighted by Gasteiger charge is -2.17. The number of amides is 3. The van der Waals surface area contributed by atoms with Crippen LogP contribution in [0.15, 0.2) is 42.5 Å². The molecule has 3 amide bonds. The summed E-state index contributed by atoms with van der Waals surface area (Å²) in [5.74, 6) is -1.86. The molecule has 0 aromatic heterocycles. The van der Waals surface area contributed by atoms with Gasteiger partial charge in [-0.2, -0.15) is 0 Å². The molecule has 0 aliphatic rings. The van der Waals surface area contributed by atoms with Crippen molar-refractivity contribution in [1.82, 2.24) is 10.2 Å². The number of carbonyl (C=O) groups excluding carboxylic acids is 3. The summed E-state index contributed by atoms with van der Waals surface area (Å²) in [4.78, 5) is 37.6. The summed E-state index contributed by atoms with van der Waals surface area (Å²) in [6.45, 7) is 3.12. The SMILES string of the molecule is Cc1cc(C)cc(C(=O)NCC(=O)N(C)CC(=O)Nc2ccc(OC(F)(F)F)cc2)c1. The van der Waals surface area contributed by atoms with Crippen molar-refractivity contribution in [2.24, 2.45) is 0 Å². The average molecular weight is 437 g/mol. The van der Waals surface area contributed by atoms with Crippen LogP contribution in [0.4, 0.5) is 18.9 Å². The molecule has 0 heterocycles. The van der Waals surface area contributed by atoms with E-state index in [9.17, 15) is 27.6 Å². The minimum atomic E-state index is -4.80. The quantitative estimate of drug-likeness (QED) is 0.697. The predicted octanol–water partition coefficient (Wildman–Crippen LogP) is 3.03. The molecule has 2 rings (SSSR count). The van der Waals surface area contributed by atoms with Crippen molar-refractivity contribution in [3.8, 4) is 5.75 Å². The lowest BCUT2D eigenvalue weighted by Crippen LogP contribution is -2.41. The third-order valence-corrected chi connectivity index (χ3v) is 4.06. The lowest BCUT2D eigenvalue weighted by atomic mass is 10.1. The van der Waals surface area contributed by atoms with Crippen LogP contribution in [0, 0.1) is 13.8 Å². The Kier molecular flexibility index (Phi) is 7.62. The van der Waals surface area contributed by atoms with Crippen molar-refractivity contribution in [3.05, 3.63) is 59.2 Å². The number of rotatable bonds is 7. The van der Waals surface area contributed by atoms with Gasteiger partial charge in [0.25, 0.3) is 5.91 Å². The highest BCUT2D eigenvalue weighted by molar-refractivity contribution is 5.98. The second-order valence-electron chi connectivity index (χ2n) is 6.93. The third kappa shape index (κ3) is 8.00. The summed E-state index contributed by atoms with van der Waals surface area (Å²) in [6.07, 6.45) is -4.80. The molecule has 31 heavy (non-hydrogen) atoms. The van der Waals surface area contributed by atoms with Gasteiger partial charge in [0.15, 0.2) is 0 Å². The van der Waals surface area contributed by atoms with E-state index < -0.39 is 29.8 Å². The van der Waals surface area contributed by atoms with Crippen LogP contribution < -0.4 is 15.4 Å². The van der Waals surface area contributed by atoms with Crippen molar-refractivity contribution in [1.29, 1.82) is 0 Å². The molecule has 0 saturated heterocycles. The minimum Gasteiger partial charge on any atom is -0.406 e. The molecule has 2 N–H and O–H groups in total. The summed E-state index contributed by atoms with van der Waals surface area (Å²) < 4.78 is 40.2. The van der Waals surface area contributed by atoms with Gasteiger partial charge < -0.3 is 20.3 Å². The Balaban J connectivity index is 1.82. The molecule has 2 aromatic rings. The van der Waals surface area contributed by atoms with Gasteiger partial charge in [0.05, 0.1) is 13.1 Å². The zero-order chi connectivity index (χ0) is 23.2. The van der Waals surface area contributed by atoms with Crippen LogP contribution >= 0.6 is 0 Å². The second kappa shape index (κ2) is 9.96.